The zero-order valence-electron chi connectivity index (χ0n) is 14.2. The second-order valence-corrected chi connectivity index (χ2v) is 6.60. The fraction of sp³-hybridized carbons (Fsp3) is 0.526. The van der Waals surface area contributed by atoms with Crippen molar-refractivity contribution >= 4 is 12.0 Å². The topological polar surface area (TPSA) is 52.6 Å². The molecule has 0 radical (unpaired) electrons. The number of aliphatic hydroxyl groups is 1. The summed E-state index contributed by atoms with van der Waals surface area (Å²) in [4.78, 5) is 14.0. The molecule has 2 rings (SSSR count). The summed E-state index contributed by atoms with van der Waals surface area (Å²) in [6.45, 7) is 5.18. The standard InChI is InChI=1S/C19H27FN2O2/c1-15-9-11-22(12-10-15)14-18(23)13-21-19(24)4-2-3-16-5-7-17(20)8-6-16/h2-3,5-8,15,18,23H,4,9-14H2,1H3,(H,21,24)/b3-2+. The van der Waals surface area contributed by atoms with Crippen molar-refractivity contribution in [2.45, 2.75) is 32.3 Å². The molecule has 1 unspecified atom stereocenters. The van der Waals surface area contributed by atoms with Crippen LogP contribution in [0.5, 0.6) is 0 Å². The maximum absolute atomic E-state index is 12.8. The molecule has 1 aliphatic heterocycles. The van der Waals surface area contributed by atoms with Crippen LogP contribution in [0.15, 0.2) is 30.3 Å². The van der Waals surface area contributed by atoms with Gasteiger partial charge in [0, 0.05) is 19.5 Å². The monoisotopic (exact) mass is 334 g/mol. The number of hydrogen-bond donors (Lipinski definition) is 2. The number of benzene rings is 1. The molecule has 0 spiro atoms. The number of piperidine rings is 1. The van der Waals surface area contributed by atoms with Crippen molar-refractivity contribution in [3.63, 3.8) is 0 Å². The van der Waals surface area contributed by atoms with Gasteiger partial charge in [0.25, 0.3) is 0 Å². The maximum Gasteiger partial charge on any atom is 0.223 e. The molecule has 1 aromatic rings. The van der Waals surface area contributed by atoms with Gasteiger partial charge in [-0.1, -0.05) is 31.2 Å². The van der Waals surface area contributed by atoms with E-state index in [0.29, 0.717) is 6.54 Å². The molecule has 0 aromatic heterocycles. The summed E-state index contributed by atoms with van der Waals surface area (Å²) in [5.41, 5.74) is 0.851. The Morgan fingerprint density at radius 3 is 2.71 bits per heavy atom. The third-order valence-electron chi connectivity index (χ3n) is 4.36. The van der Waals surface area contributed by atoms with E-state index >= 15 is 0 Å². The molecule has 1 atom stereocenters. The highest BCUT2D eigenvalue weighted by atomic mass is 19.1. The van der Waals surface area contributed by atoms with Crippen LogP contribution in [0.4, 0.5) is 4.39 Å². The summed E-state index contributed by atoms with van der Waals surface area (Å²) >= 11 is 0. The fourth-order valence-corrected chi connectivity index (χ4v) is 2.79. The van der Waals surface area contributed by atoms with Crippen molar-refractivity contribution in [3.8, 4) is 0 Å². The molecule has 0 saturated carbocycles. The molecule has 0 bridgehead atoms. The highest BCUT2D eigenvalue weighted by molar-refractivity contribution is 5.78. The van der Waals surface area contributed by atoms with Gasteiger partial charge in [0.1, 0.15) is 5.82 Å². The zero-order chi connectivity index (χ0) is 17.4. The van der Waals surface area contributed by atoms with E-state index in [-0.39, 0.29) is 24.7 Å². The zero-order valence-corrected chi connectivity index (χ0v) is 14.2. The quantitative estimate of drug-likeness (QED) is 0.805. The highest BCUT2D eigenvalue weighted by Crippen LogP contribution is 2.15. The number of halogens is 1. The first kappa shape index (κ1) is 18.6. The van der Waals surface area contributed by atoms with Crippen LogP contribution < -0.4 is 5.32 Å². The predicted molar refractivity (Wildman–Crippen MR) is 93.9 cm³/mol. The van der Waals surface area contributed by atoms with E-state index in [0.717, 1.165) is 24.6 Å². The van der Waals surface area contributed by atoms with Crippen molar-refractivity contribution in [2.75, 3.05) is 26.2 Å². The number of β-amino-alcohol motifs (C(OH)–C–C–N with tert-alkyl or cyclic N) is 1. The first-order valence-electron chi connectivity index (χ1n) is 8.62. The van der Waals surface area contributed by atoms with Crippen molar-refractivity contribution in [1.82, 2.24) is 10.2 Å². The van der Waals surface area contributed by atoms with Crippen LogP contribution in [0.2, 0.25) is 0 Å². The Morgan fingerprint density at radius 2 is 2.04 bits per heavy atom. The van der Waals surface area contributed by atoms with Gasteiger partial charge in [0.2, 0.25) is 5.91 Å². The number of amides is 1. The summed E-state index contributed by atoms with van der Waals surface area (Å²) in [5, 5.41) is 12.8. The minimum atomic E-state index is -0.538. The number of rotatable bonds is 7. The third-order valence-corrected chi connectivity index (χ3v) is 4.36. The fourth-order valence-electron chi connectivity index (χ4n) is 2.79. The van der Waals surface area contributed by atoms with Gasteiger partial charge in [0.15, 0.2) is 0 Å². The summed E-state index contributed by atoms with van der Waals surface area (Å²) in [6, 6.07) is 6.09. The number of hydrogen-bond acceptors (Lipinski definition) is 3. The maximum atomic E-state index is 12.8. The van der Waals surface area contributed by atoms with Crippen LogP contribution in [-0.2, 0) is 4.79 Å². The second-order valence-electron chi connectivity index (χ2n) is 6.60. The molecule has 2 N–H and O–H groups in total. The lowest BCUT2D eigenvalue weighted by atomic mass is 9.99. The molecule has 132 valence electrons. The molecule has 1 saturated heterocycles. The summed E-state index contributed by atoms with van der Waals surface area (Å²) < 4.78 is 12.8. The molecule has 0 aliphatic carbocycles. The lowest BCUT2D eigenvalue weighted by Gasteiger charge is -2.31. The SMILES string of the molecule is CC1CCN(CC(O)CNC(=O)C/C=C/c2ccc(F)cc2)CC1. The molecular weight excluding hydrogens is 307 g/mol. The molecule has 5 heteroatoms. The lowest BCUT2D eigenvalue weighted by Crippen LogP contribution is -2.42. The van der Waals surface area contributed by atoms with Crippen LogP contribution in [0, 0.1) is 11.7 Å². The Bertz CT molecular complexity index is 537. The van der Waals surface area contributed by atoms with E-state index in [2.05, 4.69) is 17.1 Å². The van der Waals surface area contributed by atoms with Crippen LogP contribution in [0.3, 0.4) is 0 Å². The average Bonchev–Trinajstić information content (AvgIpc) is 2.57. The number of nitrogens with zero attached hydrogens (tertiary/aromatic N) is 1. The molecule has 1 aliphatic rings. The number of nitrogens with one attached hydrogen (secondary N) is 1. The normalized spacial score (nSPS) is 18.0. The summed E-state index contributed by atoms with van der Waals surface area (Å²) in [7, 11) is 0. The Kier molecular flexibility index (Phi) is 7.40. The van der Waals surface area contributed by atoms with Crippen molar-refractivity contribution in [2.24, 2.45) is 5.92 Å². The summed E-state index contributed by atoms with van der Waals surface area (Å²) in [5.74, 6) is 0.368. The van der Waals surface area contributed by atoms with Gasteiger partial charge in [-0.2, -0.15) is 0 Å². The first-order chi connectivity index (χ1) is 11.5. The van der Waals surface area contributed by atoms with Crippen molar-refractivity contribution < 1.29 is 14.3 Å². The van der Waals surface area contributed by atoms with E-state index < -0.39 is 6.10 Å². The van der Waals surface area contributed by atoms with Gasteiger partial charge in [-0.15, -0.1) is 0 Å². The van der Waals surface area contributed by atoms with Crippen molar-refractivity contribution in [3.05, 3.63) is 41.7 Å². The Balaban J connectivity index is 1.62. The second kappa shape index (κ2) is 9.55. The third kappa shape index (κ3) is 6.81. The molecule has 24 heavy (non-hydrogen) atoms. The van der Waals surface area contributed by atoms with Gasteiger partial charge in [-0.25, -0.2) is 4.39 Å². The van der Waals surface area contributed by atoms with E-state index in [1.54, 1.807) is 24.3 Å². The van der Waals surface area contributed by atoms with Gasteiger partial charge in [0.05, 0.1) is 6.10 Å². The van der Waals surface area contributed by atoms with Crippen LogP contribution >= 0.6 is 0 Å². The average molecular weight is 334 g/mol. The minimum absolute atomic E-state index is 0.125. The van der Waals surface area contributed by atoms with E-state index in [1.165, 1.54) is 25.0 Å². The van der Waals surface area contributed by atoms with Gasteiger partial charge in [-0.05, 0) is 49.5 Å². The molecule has 1 aromatic carbocycles. The van der Waals surface area contributed by atoms with Crippen LogP contribution in [0.1, 0.15) is 31.7 Å². The van der Waals surface area contributed by atoms with Gasteiger partial charge >= 0.3 is 0 Å². The number of carbonyl (C=O) groups excluding carboxylic acids is 1. The van der Waals surface area contributed by atoms with E-state index in [9.17, 15) is 14.3 Å². The largest absolute Gasteiger partial charge is 0.390 e. The Morgan fingerprint density at radius 1 is 1.38 bits per heavy atom. The smallest absolute Gasteiger partial charge is 0.223 e. The molecular formula is C19H27FN2O2. The minimum Gasteiger partial charge on any atom is -0.390 e. The first-order valence-corrected chi connectivity index (χ1v) is 8.62. The van der Waals surface area contributed by atoms with Gasteiger partial charge in [-0.3, -0.25) is 4.79 Å². The van der Waals surface area contributed by atoms with E-state index in [4.69, 9.17) is 0 Å². The highest BCUT2D eigenvalue weighted by Gasteiger charge is 2.18. The number of carbonyl (C=O) groups is 1. The molecule has 1 fully saturated rings. The predicted octanol–water partition coefficient (Wildman–Crippen LogP) is 2.44. The van der Waals surface area contributed by atoms with Crippen molar-refractivity contribution in [1.29, 1.82) is 0 Å². The summed E-state index contributed by atoms with van der Waals surface area (Å²) in [6.07, 6.45) is 5.57. The Hall–Kier alpha value is -1.72. The molecule has 1 heterocycles. The van der Waals surface area contributed by atoms with E-state index in [1.807, 2.05) is 0 Å². The van der Waals surface area contributed by atoms with Crippen LogP contribution in [0.25, 0.3) is 6.08 Å². The molecule has 1 amide bonds. The van der Waals surface area contributed by atoms with Gasteiger partial charge < -0.3 is 15.3 Å². The Labute approximate surface area is 143 Å². The number of aliphatic hydroxyl groups excluding tert-OH is 1. The molecule has 4 nitrogen and oxygen atoms in total. The lowest BCUT2D eigenvalue weighted by molar-refractivity contribution is -0.120. The number of likely N-dealkylation sites (tertiary alicyclic amines) is 1. The van der Waals surface area contributed by atoms with Crippen LogP contribution in [-0.4, -0.2) is 48.2 Å².